The highest BCUT2D eigenvalue weighted by atomic mass is 16.5. The molecule has 2 N–H and O–H groups in total. The summed E-state index contributed by atoms with van der Waals surface area (Å²) in [6.07, 6.45) is 9.20. The normalized spacial score (nSPS) is 13.8. The average Bonchev–Trinajstić information content (AvgIpc) is 3.61. The number of benzene rings is 2. The lowest BCUT2D eigenvalue weighted by molar-refractivity contribution is 0.305. The van der Waals surface area contributed by atoms with Crippen LogP contribution in [0, 0.1) is 0 Å². The summed E-state index contributed by atoms with van der Waals surface area (Å²) in [4.78, 5) is 15.2. The van der Waals surface area contributed by atoms with E-state index in [9.17, 15) is 0 Å². The molecule has 1 saturated heterocycles. The Morgan fingerprint density at radius 2 is 1.71 bits per heavy atom. The number of nitrogens with one attached hydrogen (secondary N) is 2. The molecule has 0 radical (unpaired) electrons. The van der Waals surface area contributed by atoms with Crippen molar-refractivity contribution in [3.63, 3.8) is 0 Å². The van der Waals surface area contributed by atoms with E-state index in [0.29, 0.717) is 12.4 Å². The van der Waals surface area contributed by atoms with Gasteiger partial charge in [0.05, 0.1) is 29.3 Å². The second-order valence-corrected chi connectivity index (χ2v) is 9.84. The van der Waals surface area contributed by atoms with E-state index in [4.69, 9.17) is 4.74 Å². The number of aromatic nitrogens is 5. The van der Waals surface area contributed by atoms with Crippen LogP contribution in [0.2, 0.25) is 0 Å². The number of H-pyrrole nitrogens is 2. The fraction of sp³-hybridized carbons (Fsp3) is 0.194. The third kappa shape index (κ3) is 4.26. The van der Waals surface area contributed by atoms with Crippen molar-refractivity contribution in [2.75, 3.05) is 18.0 Å². The minimum absolute atomic E-state index is 0.490. The summed E-state index contributed by atoms with van der Waals surface area (Å²) in [6.45, 7) is 2.72. The summed E-state index contributed by atoms with van der Waals surface area (Å²) in [5, 5.41) is 10.1. The molecule has 0 aliphatic carbocycles. The summed E-state index contributed by atoms with van der Waals surface area (Å²) >= 11 is 0. The van der Waals surface area contributed by atoms with Gasteiger partial charge >= 0.3 is 0 Å². The van der Waals surface area contributed by atoms with Crippen LogP contribution in [0.5, 0.6) is 5.75 Å². The monoisotopic (exact) mass is 500 g/mol. The quantitative estimate of drug-likeness (QED) is 0.265. The minimum atomic E-state index is 0.490. The maximum Gasteiger partial charge on any atom is 0.138 e. The van der Waals surface area contributed by atoms with Crippen molar-refractivity contribution in [2.24, 2.45) is 0 Å². The molecule has 1 aliphatic rings. The first-order valence-corrected chi connectivity index (χ1v) is 13.2. The van der Waals surface area contributed by atoms with E-state index in [1.165, 1.54) is 30.3 Å². The van der Waals surface area contributed by atoms with Gasteiger partial charge in [0.2, 0.25) is 0 Å². The third-order valence-corrected chi connectivity index (χ3v) is 7.30. The predicted octanol–water partition coefficient (Wildman–Crippen LogP) is 6.74. The van der Waals surface area contributed by atoms with Crippen LogP contribution in [-0.4, -0.2) is 38.2 Å². The molecule has 5 heterocycles. The summed E-state index contributed by atoms with van der Waals surface area (Å²) in [7, 11) is 0. The molecule has 0 spiro atoms. The maximum atomic E-state index is 6.00. The number of rotatable bonds is 6. The highest BCUT2D eigenvalue weighted by Crippen LogP contribution is 2.35. The van der Waals surface area contributed by atoms with E-state index in [0.717, 1.165) is 57.7 Å². The van der Waals surface area contributed by atoms with Crippen LogP contribution in [-0.2, 0) is 6.61 Å². The lowest BCUT2D eigenvalue weighted by atomic mass is 10.1. The Balaban J connectivity index is 1.22. The fourth-order valence-electron chi connectivity index (χ4n) is 5.34. The van der Waals surface area contributed by atoms with Gasteiger partial charge in [-0.3, -0.25) is 15.1 Å². The number of aromatic amines is 2. The van der Waals surface area contributed by atoms with Crippen molar-refractivity contribution < 1.29 is 4.74 Å². The molecule has 7 heteroatoms. The second kappa shape index (κ2) is 9.67. The fourth-order valence-corrected chi connectivity index (χ4v) is 5.34. The molecule has 188 valence electrons. The molecule has 6 aromatic rings. The summed E-state index contributed by atoms with van der Waals surface area (Å²) in [5.74, 6) is 0.710. The zero-order valence-electron chi connectivity index (χ0n) is 21.0. The number of pyridine rings is 2. The SMILES string of the molecule is c1ccc(COc2cncc(-c3cc4c(-c5cc6c(N7CCCCC7)cccc6[nH]5)n[nH]c4cn3)c2)cc1. The van der Waals surface area contributed by atoms with Gasteiger partial charge in [0.25, 0.3) is 0 Å². The van der Waals surface area contributed by atoms with Crippen molar-refractivity contribution in [2.45, 2.75) is 25.9 Å². The number of nitrogens with zero attached hydrogens (tertiary/aromatic N) is 4. The highest BCUT2D eigenvalue weighted by molar-refractivity contribution is 6.00. The van der Waals surface area contributed by atoms with E-state index >= 15 is 0 Å². The standard InChI is InChI=1S/C31H28N6O/c1-3-8-21(9-4-1)20-38-23-14-22(17-32-18-23)27-16-25-29(19-33-27)35-36-31(25)28-15-24-26(34-28)10-7-11-30(24)37-12-5-2-6-13-37/h1,3-4,7-11,14-19,34H,2,5-6,12-13,20H2,(H,35,36). The molecule has 38 heavy (non-hydrogen) atoms. The van der Waals surface area contributed by atoms with Crippen LogP contribution in [0.4, 0.5) is 5.69 Å². The smallest absolute Gasteiger partial charge is 0.138 e. The lowest BCUT2D eigenvalue weighted by Crippen LogP contribution is -2.29. The molecule has 7 rings (SSSR count). The molecule has 1 aliphatic heterocycles. The number of hydrogen-bond donors (Lipinski definition) is 2. The van der Waals surface area contributed by atoms with Gasteiger partial charge in [-0.05, 0) is 55.2 Å². The van der Waals surface area contributed by atoms with Crippen LogP contribution in [0.25, 0.3) is 44.5 Å². The molecule has 1 fully saturated rings. The van der Waals surface area contributed by atoms with Crippen molar-refractivity contribution in [1.29, 1.82) is 0 Å². The third-order valence-electron chi connectivity index (χ3n) is 7.30. The highest BCUT2D eigenvalue weighted by Gasteiger charge is 2.18. The Bertz CT molecular complexity index is 1720. The predicted molar refractivity (Wildman–Crippen MR) is 151 cm³/mol. The van der Waals surface area contributed by atoms with Crippen LogP contribution in [0.3, 0.4) is 0 Å². The van der Waals surface area contributed by atoms with E-state index in [1.807, 2.05) is 48.8 Å². The Morgan fingerprint density at radius 3 is 2.61 bits per heavy atom. The number of ether oxygens (including phenoxy) is 1. The first-order chi connectivity index (χ1) is 18.8. The summed E-state index contributed by atoms with van der Waals surface area (Å²) in [5.41, 5.74) is 8.02. The van der Waals surface area contributed by atoms with Crippen LogP contribution < -0.4 is 9.64 Å². The molecule has 4 aromatic heterocycles. The zero-order valence-corrected chi connectivity index (χ0v) is 21.0. The zero-order chi connectivity index (χ0) is 25.3. The first-order valence-electron chi connectivity index (χ1n) is 13.2. The van der Waals surface area contributed by atoms with E-state index in [1.54, 1.807) is 6.20 Å². The van der Waals surface area contributed by atoms with Crippen molar-refractivity contribution >= 4 is 27.5 Å². The van der Waals surface area contributed by atoms with Gasteiger partial charge in [0, 0.05) is 46.8 Å². The summed E-state index contributed by atoms with van der Waals surface area (Å²) in [6, 6.07) is 22.9. The van der Waals surface area contributed by atoms with Crippen LogP contribution >= 0.6 is 0 Å². The van der Waals surface area contributed by atoms with E-state index in [2.05, 4.69) is 60.4 Å². The van der Waals surface area contributed by atoms with Gasteiger partial charge < -0.3 is 14.6 Å². The molecule has 0 saturated carbocycles. The van der Waals surface area contributed by atoms with Crippen LogP contribution in [0.15, 0.2) is 85.3 Å². The van der Waals surface area contributed by atoms with Crippen molar-refractivity contribution in [3.05, 3.63) is 90.9 Å². The first kappa shape index (κ1) is 22.5. The average molecular weight is 501 g/mol. The molecule has 2 aromatic carbocycles. The Morgan fingerprint density at radius 1 is 0.816 bits per heavy atom. The molecule has 0 atom stereocenters. The van der Waals surface area contributed by atoms with Gasteiger partial charge in [-0.15, -0.1) is 0 Å². The van der Waals surface area contributed by atoms with Gasteiger partial charge in [0.15, 0.2) is 0 Å². The molecule has 0 unspecified atom stereocenters. The van der Waals surface area contributed by atoms with Gasteiger partial charge in [-0.1, -0.05) is 36.4 Å². The van der Waals surface area contributed by atoms with Gasteiger partial charge in [-0.2, -0.15) is 5.10 Å². The molecular weight excluding hydrogens is 472 g/mol. The number of anilines is 1. The molecule has 0 bridgehead atoms. The molecule has 0 amide bonds. The second-order valence-electron chi connectivity index (χ2n) is 9.84. The number of fused-ring (bicyclic) bond motifs is 2. The van der Waals surface area contributed by atoms with Crippen molar-refractivity contribution in [3.8, 4) is 28.4 Å². The lowest BCUT2D eigenvalue weighted by Gasteiger charge is -2.29. The number of hydrogen-bond acceptors (Lipinski definition) is 5. The Hall–Kier alpha value is -4.65. The van der Waals surface area contributed by atoms with Crippen LogP contribution in [0.1, 0.15) is 24.8 Å². The Kier molecular flexibility index (Phi) is 5.73. The van der Waals surface area contributed by atoms with E-state index < -0.39 is 0 Å². The van der Waals surface area contributed by atoms with Gasteiger partial charge in [-0.25, -0.2) is 0 Å². The Labute approximate surface area is 220 Å². The topological polar surface area (TPSA) is 82.7 Å². The maximum absolute atomic E-state index is 6.00. The van der Waals surface area contributed by atoms with E-state index in [-0.39, 0.29) is 0 Å². The molecule has 7 nitrogen and oxygen atoms in total. The van der Waals surface area contributed by atoms with Crippen molar-refractivity contribution in [1.82, 2.24) is 25.1 Å². The summed E-state index contributed by atoms with van der Waals surface area (Å²) < 4.78 is 6.00. The number of piperidine rings is 1. The van der Waals surface area contributed by atoms with Gasteiger partial charge in [0.1, 0.15) is 18.1 Å². The molecular formula is C31H28N6O. The minimum Gasteiger partial charge on any atom is -0.487 e. The largest absolute Gasteiger partial charge is 0.487 e.